The highest BCUT2D eigenvalue weighted by Gasteiger charge is 2.33. The topological polar surface area (TPSA) is 86.8 Å². The third-order valence-corrected chi connectivity index (χ3v) is 7.11. The largest absolute Gasteiger partial charge is 0.352 e. The number of hydrogen-bond acceptors (Lipinski definition) is 4. The fourth-order valence-electron chi connectivity index (χ4n) is 4.14. The van der Waals surface area contributed by atoms with Crippen LogP contribution in [0.4, 0.5) is 10.1 Å². The minimum atomic E-state index is -3.86. The number of anilines is 1. The summed E-state index contributed by atoms with van der Waals surface area (Å²) in [6.07, 6.45) is 1.19. The van der Waals surface area contributed by atoms with E-state index in [9.17, 15) is 22.4 Å². The highest BCUT2D eigenvalue weighted by atomic mass is 32.2. The molecule has 0 aliphatic heterocycles. The number of carbonyl (C=O) groups excluding carboxylic acids is 2. The molecule has 0 bridgehead atoms. The summed E-state index contributed by atoms with van der Waals surface area (Å²) in [4.78, 5) is 28.6. The van der Waals surface area contributed by atoms with Crippen molar-refractivity contribution in [1.29, 1.82) is 0 Å². The van der Waals surface area contributed by atoms with Crippen LogP contribution in [0.3, 0.4) is 0 Å². The van der Waals surface area contributed by atoms with Crippen molar-refractivity contribution >= 4 is 27.5 Å². The van der Waals surface area contributed by atoms with E-state index in [4.69, 9.17) is 0 Å². The van der Waals surface area contributed by atoms with Crippen LogP contribution < -0.4 is 9.62 Å². The molecule has 0 radical (unpaired) electrons. The van der Waals surface area contributed by atoms with E-state index in [1.165, 1.54) is 11.0 Å². The summed E-state index contributed by atoms with van der Waals surface area (Å²) < 4.78 is 41.3. The van der Waals surface area contributed by atoms with E-state index in [0.29, 0.717) is 5.69 Å². The highest BCUT2D eigenvalue weighted by Crippen LogP contribution is 2.22. The fourth-order valence-corrected chi connectivity index (χ4v) is 4.98. The van der Waals surface area contributed by atoms with Crippen molar-refractivity contribution in [2.75, 3.05) is 17.1 Å². The number of hydrogen-bond donors (Lipinski definition) is 1. The number of nitrogens with one attached hydrogen (secondary N) is 1. The van der Waals surface area contributed by atoms with Gasteiger partial charge in [0.15, 0.2) is 0 Å². The molecule has 9 heteroatoms. The van der Waals surface area contributed by atoms with Gasteiger partial charge in [-0.05, 0) is 50.1 Å². The summed E-state index contributed by atoms with van der Waals surface area (Å²) in [5.41, 5.74) is 2.18. The minimum absolute atomic E-state index is 0.170. The van der Waals surface area contributed by atoms with Gasteiger partial charge in [-0.3, -0.25) is 13.9 Å². The number of nitrogens with zero attached hydrogens (tertiary/aromatic N) is 2. The van der Waals surface area contributed by atoms with Gasteiger partial charge in [-0.1, -0.05) is 60.7 Å². The molecule has 0 aliphatic carbocycles. The molecule has 0 fully saturated rings. The Hall–Kier alpha value is -3.72. The van der Waals surface area contributed by atoms with Crippen LogP contribution in [0, 0.1) is 12.7 Å². The van der Waals surface area contributed by atoms with E-state index in [2.05, 4.69) is 5.32 Å². The number of halogens is 1. The first kappa shape index (κ1) is 28.8. The predicted octanol–water partition coefficient (Wildman–Crippen LogP) is 4.06. The fraction of sp³-hybridized carbons (Fsp3) is 0.310. The molecule has 0 saturated carbocycles. The third kappa shape index (κ3) is 7.89. The smallest absolute Gasteiger partial charge is 0.244 e. The van der Waals surface area contributed by atoms with Crippen molar-refractivity contribution in [3.63, 3.8) is 0 Å². The third-order valence-electron chi connectivity index (χ3n) is 5.97. The molecule has 0 heterocycles. The van der Waals surface area contributed by atoms with Crippen molar-refractivity contribution in [3.05, 3.63) is 101 Å². The molecule has 1 N–H and O–H groups in total. The average molecular weight is 540 g/mol. The van der Waals surface area contributed by atoms with E-state index in [1.807, 2.05) is 57.2 Å². The lowest BCUT2D eigenvalue weighted by atomic mass is 10.0. The number of rotatable bonds is 11. The van der Waals surface area contributed by atoms with Crippen molar-refractivity contribution in [2.45, 2.75) is 45.8 Å². The molecule has 1 atom stereocenters. The molecule has 202 valence electrons. The Morgan fingerprint density at radius 1 is 0.947 bits per heavy atom. The van der Waals surface area contributed by atoms with Crippen LogP contribution in [0.5, 0.6) is 0 Å². The molecule has 0 saturated heterocycles. The lowest BCUT2D eigenvalue weighted by Gasteiger charge is -2.34. The first-order valence-electron chi connectivity index (χ1n) is 12.4. The Labute approximate surface area is 224 Å². The van der Waals surface area contributed by atoms with E-state index in [-0.39, 0.29) is 24.6 Å². The molecular formula is C29H34FN3O4S. The van der Waals surface area contributed by atoms with Gasteiger partial charge in [0.1, 0.15) is 18.4 Å². The van der Waals surface area contributed by atoms with Crippen LogP contribution in [0.2, 0.25) is 0 Å². The van der Waals surface area contributed by atoms with E-state index >= 15 is 0 Å². The maximum absolute atomic E-state index is 14.7. The van der Waals surface area contributed by atoms with Crippen molar-refractivity contribution in [1.82, 2.24) is 10.2 Å². The standard InChI is InChI=1S/C29H34FN3O4S/c1-21(2)31-29(35)27(18-23-12-6-5-7-13-23)32(19-24-14-8-9-16-26(24)30)28(34)20-33(38(4,36)37)25-15-10-11-22(3)17-25/h5-17,21,27H,18-20H2,1-4H3,(H,31,35)/t27-/m1/s1. The lowest BCUT2D eigenvalue weighted by Crippen LogP contribution is -2.54. The molecule has 3 rings (SSSR count). The van der Waals surface area contributed by atoms with Crippen LogP contribution in [0.25, 0.3) is 0 Å². The van der Waals surface area contributed by atoms with E-state index < -0.39 is 40.2 Å². The number of carbonyl (C=O) groups is 2. The van der Waals surface area contributed by atoms with Crippen LogP contribution >= 0.6 is 0 Å². The number of aryl methyl sites for hydroxylation is 1. The van der Waals surface area contributed by atoms with Crippen molar-refractivity contribution in [2.24, 2.45) is 0 Å². The Morgan fingerprint density at radius 2 is 1.61 bits per heavy atom. The lowest BCUT2D eigenvalue weighted by molar-refractivity contribution is -0.140. The second kappa shape index (κ2) is 12.7. The number of benzene rings is 3. The SMILES string of the molecule is Cc1cccc(N(CC(=O)N(Cc2ccccc2F)[C@H](Cc2ccccc2)C(=O)NC(C)C)S(C)(=O)=O)c1. The highest BCUT2D eigenvalue weighted by molar-refractivity contribution is 7.92. The second-order valence-corrected chi connectivity index (χ2v) is 11.5. The molecule has 0 aromatic heterocycles. The van der Waals surface area contributed by atoms with Crippen molar-refractivity contribution in [3.8, 4) is 0 Å². The van der Waals surface area contributed by atoms with Crippen LogP contribution in [0.1, 0.15) is 30.5 Å². The Bertz CT molecular complexity index is 1360. The van der Waals surface area contributed by atoms with E-state index in [1.54, 1.807) is 36.4 Å². The number of sulfonamides is 1. The summed E-state index contributed by atoms with van der Waals surface area (Å²) in [6, 6.07) is 20.8. The van der Waals surface area contributed by atoms with E-state index in [0.717, 1.165) is 21.7 Å². The van der Waals surface area contributed by atoms with Crippen LogP contribution in [-0.2, 0) is 32.6 Å². The first-order valence-corrected chi connectivity index (χ1v) is 14.2. The van der Waals surface area contributed by atoms with Gasteiger partial charge in [-0.2, -0.15) is 0 Å². The Kier molecular flexibility index (Phi) is 9.63. The number of amides is 2. The van der Waals surface area contributed by atoms with Gasteiger partial charge in [0.25, 0.3) is 0 Å². The summed E-state index contributed by atoms with van der Waals surface area (Å²) in [5.74, 6) is -1.55. The maximum Gasteiger partial charge on any atom is 0.244 e. The molecule has 38 heavy (non-hydrogen) atoms. The Morgan fingerprint density at radius 3 is 2.21 bits per heavy atom. The van der Waals surface area contributed by atoms with Gasteiger partial charge in [-0.15, -0.1) is 0 Å². The molecule has 7 nitrogen and oxygen atoms in total. The molecule has 0 spiro atoms. The van der Waals surface area contributed by atoms with Crippen molar-refractivity contribution < 1.29 is 22.4 Å². The second-order valence-electron chi connectivity index (χ2n) is 9.59. The zero-order valence-corrected chi connectivity index (χ0v) is 22.9. The average Bonchev–Trinajstić information content (AvgIpc) is 2.85. The van der Waals surface area contributed by atoms with Gasteiger partial charge in [0.05, 0.1) is 11.9 Å². The maximum atomic E-state index is 14.7. The van der Waals surface area contributed by atoms with Gasteiger partial charge >= 0.3 is 0 Å². The minimum Gasteiger partial charge on any atom is -0.352 e. The first-order chi connectivity index (χ1) is 18.0. The Balaban J connectivity index is 2.07. The van der Waals surface area contributed by atoms with Gasteiger partial charge in [0.2, 0.25) is 21.8 Å². The molecular weight excluding hydrogens is 505 g/mol. The predicted molar refractivity (Wildman–Crippen MR) is 148 cm³/mol. The van der Waals surface area contributed by atoms with Crippen LogP contribution in [-0.4, -0.2) is 50.0 Å². The summed E-state index contributed by atoms with van der Waals surface area (Å²) in [6.45, 7) is 4.69. The molecule has 3 aromatic carbocycles. The normalized spacial score (nSPS) is 12.2. The monoisotopic (exact) mass is 539 g/mol. The summed E-state index contributed by atoms with van der Waals surface area (Å²) in [5, 5.41) is 2.86. The summed E-state index contributed by atoms with van der Waals surface area (Å²) in [7, 11) is -3.86. The molecule has 2 amide bonds. The molecule has 0 unspecified atom stereocenters. The van der Waals surface area contributed by atoms with Crippen LogP contribution in [0.15, 0.2) is 78.9 Å². The quantitative estimate of drug-likeness (QED) is 0.398. The van der Waals surface area contributed by atoms with Gasteiger partial charge in [-0.25, -0.2) is 12.8 Å². The molecule has 3 aromatic rings. The zero-order valence-electron chi connectivity index (χ0n) is 22.1. The molecule has 0 aliphatic rings. The summed E-state index contributed by atoms with van der Waals surface area (Å²) >= 11 is 0. The van der Waals surface area contributed by atoms with Gasteiger partial charge < -0.3 is 10.2 Å². The van der Waals surface area contributed by atoms with Gasteiger partial charge in [0, 0.05) is 24.6 Å². The zero-order chi connectivity index (χ0) is 27.9.